The third kappa shape index (κ3) is 3.18. The molecule has 0 spiro atoms. The van der Waals surface area contributed by atoms with Crippen LogP contribution in [0, 0.1) is 11.8 Å². The van der Waals surface area contributed by atoms with Crippen LogP contribution in [0.2, 0.25) is 0 Å². The van der Waals surface area contributed by atoms with Gasteiger partial charge in [0.25, 0.3) is 0 Å². The zero-order valence-corrected chi connectivity index (χ0v) is 13.2. The lowest BCUT2D eigenvalue weighted by molar-refractivity contribution is 0.295. The van der Waals surface area contributed by atoms with E-state index in [2.05, 4.69) is 31.3 Å². The van der Waals surface area contributed by atoms with E-state index in [1.165, 1.54) is 24.8 Å². The highest BCUT2D eigenvalue weighted by Crippen LogP contribution is 2.36. The van der Waals surface area contributed by atoms with Gasteiger partial charge in [-0.15, -0.1) is 0 Å². The van der Waals surface area contributed by atoms with E-state index in [-0.39, 0.29) is 0 Å². The molecule has 1 saturated carbocycles. The fraction of sp³-hybridized carbons (Fsp3) is 0.667. The maximum atomic E-state index is 5.90. The van der Waals surface area contributed by atoms with Crippen LogP contribution in [-0.4, -0.2) is 19.3 Å². The first-order chi connectivity index (χ1) is 10.3. The average Bonchev–Trinajstić information content (AvgIpc) is 2.72. The van der Waals surface area contributed by atoms with Crippen molar-refractivity contribution in [3.05, 3.63) is 23.8 Å². The number of fused-ring (bicyclic) bond motifs is 1. The van der Waals surface area contributed by atoms with E-state index in [0.29, 0.717) is 6.04 Å². The van der Waals surface area contributed by atoms with Crippen molar-refractivity contribution in [1.82, 2.24) is 5.32 Å². The van der Waals surface area contributed by atoms with Crippen molar-refractivity contribution in [1.29, 1.82) is 0 Å². The van der Waals surface area contributed by atoms with Gasteiger partial charge < -0.3 is 14.8 Å². The van der Waals surface area contributed by atoms with E-state index in [4.69, 9.17) is 9.47 Å². The summed E-state index contributed by atoms with van der Waals surface area (Å²) in [5, 5.41) is 3.75. The Balaban J connectivity index is 1.66. The molecule has 1 fully saturated rings. The molecule has 0 saturated heterocycles. The molecule has 2 aliphatic rings. The van der Waals surface area contributed by atoms with Crippen LogP contribution >= 0.6 is 0 Å². The van der Waals surface area contributed by atoms with Crippen LogP contribution in [0.4, 0.5) is 0 Å². The molecule has 116 valence electrons. The second kappa shape index (κ2) is 6.69. The van der Waals surface area contributed by atoms with Crippen molar-refractivity contribution in [3.8, 4) is 11.5 Å². The van der Waals surface area contributed by atoms with Gasteiger partial charge in [0.2, 0.25) is 0 Å². The Kier molecular flexibility index (Phi) is 4.69. The minimum atomic E-state index is 0.637. The van der Waals surface area contributed by atoms with Crippen LogP contribution in [0.5, 0.6) is 11.5 Å². The molecule has 3 rings (SSSR count). The van der Waals surface area contributed by atoms with E-state index in [9.17, 15) is 0 Å². The largest absolute Gasteiger partial charge is 0.490 e. The molecule has 0 amide bonds. The van der Waals surface area contributed by atoms with Gasteiger partial charge in [-0.05, 0) is 30.7 Å². The van der Waals surface area contributed by atoms with Gasteiger partial charge in [-0.3, -0.25) is 0 Å². The topological polar surface area (TPSA) is 30.5 Å². The first-order valence-corrected chi connectivity index (χ1v) is 8.40. The molecule has 3 unspecified atom stereocenters. The summed E-state index contributed by atoms with van der Waals surface area (Å²) in [6.45, 7) is 7.08. The van der Waals surface area contributed by atoms with Crippen molar-refractivity contribution in [2.75, 3.05) is 13.2 Å². The molecule has 3 atom stereocenters. The average molecular weight is 289 g/mol. The van der Waals surface area contributed by atoms with Gasteiger partial charge in [0.05, 0.1) is 13.2 Å². The molecule has 0 bridgehead atoms. The van der Waals surface area contributed by atoms with E-state index in [1.807, 2.05) is 6.07 Å². The first-order valence-electron chi connectivity index (χ1n) is 8.40. The number of para-hydroxylation sites is 1. The molecular formula is C18H27NO2. The summed E-state index contributed by atoms with van der Waals surface area (Å²) >= 11 is 0. The van der Waals surface area contributed by atoms with E-state index < -0.39 is 0 Å². The zero-order valence-electron chi connectivity index (χ0n) is 13.2. The summed E-state index contributed by atoms with van der Waals surface area (Å²) in [4.78, 5) is 0. The molecule has 1 aliphatic heterocycles. The van der Waals surface area contributed by atoms with E-state index >= 15 is 0 Å². The summed E-state index contributed by atoms with van der Waals surface area (Å²) in [7, 11) is 0. The molecule has 1 aliphatic carbocycles. The van der Waals surface area contributed by atoms with Gasteiger partial charge in [-0.2, -0.15) is 0 Å². The van der Waals surface area contributed by atoms with Crippen molar-refractivity contribution >= 4 is 0 Å². The summed E-state index contributed by atoms with van der Waals surface area (Å²) in [6.07, 6.45) is 4.92. The molecule has 1 aromatic rings. The quantitative estimate of drug-likeness (QED) is 0.915. The molecule has 0 radical (unpaired) electrons. The third-order valence-corrected chi connectivity index (χ3v) is 5.16. The minimum absolute atomic E-state index is 0.637. The fourth-order valence-corrected chi connectivity index (χ4v) is 3.75. The highest BCUT2D eigenvalue weighted by molar-refractivity contribution is 5.47. The second-order valence-corrected chi connectivity index (χ2v) is 6.39. The number of hydrogen-bond donors (Lipinski definition) is 1. The Hall–Kier alpha value is -1.22. The van der Waals surface area contributed by atoms with Crippen LogP contribution in [0.25, 0.3) is 0 Å². The Morgan fingerprint density at radius 3 is 2.86 bits per heavy atom. The Morgan fingerprint density at radius 2 is 2.05 bits per heavy atom. The normalized spacial score (nSPS) is 28.4. The Labute approximate surface area is 128 Å². The maximum Gasteiger partial charge on any atom is 0.165 e. The van der Waals surface area contributed by atoms with Crippen LogP contribution in [0.15, 0.2) is 18.2 Å². The van der Waals surface area contributed by atoms with Gasteiger partial charge in [0.15, 0.2) is 11.5 Å². The van der Waals surface area contributed by atoms with Crippen molar-refractivity contribution < 1.29 is 9.47 Å². The molecule has 1 aromatic carbocycles. The predicted octanol–water partition coefficient (Wildman–Crippen LogP) is 3.76. The lowest BCUT2D eigenvalue weighted by Crippen LogP contribution is -2.32. The number of hydrogen-bond acceptors (Lipinski definition) is 3. The molecule has 1 heterocycles. The van der Waals surface area contributed by atoms with E-state index in [0.717, 1.165) is 49.5 Å². The van der Waals surface area contributed by atoms with E-state index in [1.54, 1.807) is 0 Å². The van der Waals surface area contributed by atoms with Crippen LogP contribution in [0.1, 0.15) is 45.1 Å². The van der Waals surface area contributed by atoms with Crippen molar-refractivity contribution in [3.63, 3.8) is 0 Å². The highest BCUT2D eigenvalue weighted by Gasteiger charge is 2.31. The lowest BCUT2D eigenvalue weighted by atomic mass is 9.93. The molecule has 21 heavy (non-hydrogen) atoms. The Morgan fingerprint density at radius 1 is 1.19 bits per heavy atom. The van der Waals surface area contributed by atoms with Crippen molar-refractivity contribution in [2.45, 2.75) is 52.1 Å². The Bertz CT molecular complexity index is 474. The zero-order chi connectivity index (χ0) is 14.7. The first kappa shape index (κ1) is 14.7. The molecule has 0 aromatic heterocycles. The van der Waals surface area contributed by atoms with Gasteiger partial charge >= 0.3 is 0 Å². The molecular weight excluding hydrogens is 262 g/mol. The monoisotopic (exact) mass is 289 g/mol. The van der Waals surface area contributed by atoms with Crippen LogP contribution in [-0.2, 0) is 6.54 Å². The summed E-state index contributed by atoms with van der Waals surface area (Å²) < 4.78 is 11.7. The van der Waals surface area contributed by atoms with Gasteiger partial charge in [-0.1, -0.05) is 32.4 Å². The SMILES string of the molecule is CCC1CCC(NCc2cccc3c2OCCCO3)C1C. The number of benzene rings is 1. The highest BCUT2D eigenvalue weighted by atomic mass is 16.5. The van der Waals surface area contributed by atoms with Crippen molar-refractivity contribution in [2.24, 2.45) is 11.8 Å². The predicted molar refractivity (Wildman–Crippen MR) is 84.9 cm³/mol. The maximum absolute atomic E-state index is 5.90. The standard InChI is InChI=1S/C18H27NO2/c1-3-14-8-9-16(13(14)2)19-12-15-6-4-7-17-18(15)21-11-5-10-20-17/h4,6-7,13-14,16,19H,3,5,8-12H2,1-2H3. The van der Waals surface area contributed by atoms with Gasteiger partial charge in [0.1, 0.15) is 0 Å². The van der Waals surface area contributed by atoms with Crippen LogP contribution in [0.3, 0.4) is 0 Å². The number of nitrogens with one attached hydrogen (secondary N) is 1. The van der Waals surface area contributed by atoms with Crippen LogP contribution < -0.4 is 14.8 Å². The smallest absolute Gasteiger partial charge is 0.165 e. The second-order valence-electron chi connectivity index (χ2n) is 6.39. The van der Waals surface area contributed by atoms with Gasteiger partial charge in [0, 0.05) is 24.6 Å². The third-order valence-electron chi connectivity index (χ3n) is 5.16. The summed E-state index contributed by atoms with van der Waals surface area (Å²) in [6, 6.07) is 6.86. The minimum Gasteiger partial charge on any atom is -0.490 e. The molecule has 1 N–H and O–H groups in total. The number of rotatable bonds is 4. The molecule has 3 heteroatoms. The summed E-state index contributed by atoms with van der Waals surface area (Å²) in [5.74, 6) is 3.50. The van der Waals surface area contributed by atoms with Gasteiger partial charge in [-0.25, -0.2) is 0 Å². The molecule has 3 nitrogen and oxygen atoms in total. The fourth-order valence-electron chi connectivity index (χ4n) is 3.75. The summed E-state index contributed by atoms with van der Waals surface area (Å²) in [5.41, 5.74) is 1.22. The number of ether oxygens (including phenoxy) is 2. The lowest BCUT2D eigenvalue weighted by Gasteiger charge is -2.22.